The summed E-state index contributed by atoms with van der Waals surface area (Å²) in [4.78, 5) is 25.2. The number of Topliss-reactive ketones (excluding diaryl/α,β-unsaturated/α-hetero) is 1. The lowest BCUT2D eigenvalue weighted by Gasteiger charge is -2.13. The average Bonchev–Trinajstić information content (AvgIpc) is 3.22. The number of fused-ring (bicyclic) bond motifs is 1. The summed E-state index contributed by atoms with van der Waals surface area (Å²) in [6.07, 6.45) is 2.76. The van der Waals surface area contributed by atoms with Gasteiger partial charge in [-0.05, 0) is 54.8 Å². The number of nitrogens with zero attached hydrogens (tertiary/aromatic N) is 2. The normalized spacial score (nSPS) is 10.9. The molecule has 1 aromatic heterocycles. The van der Waals surface area contributed by atoms with Gasteiger partial charge in [-0.25, -0.2) is 9.48 Å². The van der Waals surface area contributed by atoms with Crippen LogP contribution in [0.15, 0.2) is 60.7 Å². The van der Waals surface area contributed by atoms with Crippen LogP contribution in [0.25, 0.3) is 16.5 Å². The summed E-state index contributed by atoms with van der Waals surface area (Å²) in [6.45, 7) is 3.66. The lowest BCUT2D eigenvalue weighted by Crippen LogP contribution is -2.21. The van der Waals surface area contributed by atoms with Crippen molar-refractivity contribution < 1.29 is 9.59 Å². The Kier molecular flexibility index (Phi) is 7.20. The van der Waals surface area contributed by atoms with Crippen LogP contribution in [0.5, 0.6) is 0 Å². The first kappa shape index (κ1) is 23.8. The molecule has 0 aliphatic heterocycles. The number of anilines is 2. The minimum atomic E-state index is -0.486. The highest BCUT2D eigenvalue weighted by Crippen LogP contribution is 2.30. The van der Waals surface area contributed by atoms with Crippen LogP contribution in [0.2, 0.25) is 10.0 Å². The number of ketones is 1. The van der Waals surface area contributed by atoms with E-state index in [1.54, 1.807) is 35.9 Å². The molecule has 0 fully saturated rings. The van der Waals surface area contributed by atoms with Crippen molar-refractivity contribution in [2.75, 3.05) is 10.6 Å². The molecule has 0 saturated heterocycles. The molecular formula is C26H24Cl2N4O2. The molecule has 4 aromatic rings. The molecule has 0 saturated carbocycles. The molecule has 2 N–H and O–H groups in total. The zero-order chi connectivity index (χ0) is 24.2. The smallest absolute Gasteiger partial charge is 0.306 e. The monoisotopic (exact) mass is 494 g/mol. The molecule has 6 nitrogen and oxygen atoms in total. The van der Waals surface area contributed by atoms with Crippen molar-refractivity contribution >= 4 is 57.3 Å². The summed E-state index contributed by atoms with van der Waals surface area (Å²) in [5.74, 6) is 0.436. The van der Waals surface area contributed by atoms with E-state index in [4.69, 9.17) is 28.3 Å². The first-order valence-electron chi connectivity index (χ1n) is 11.0. The fourth-order valence-corrected chi connectivity index (χ4v) is 4.12. The molecule has 0 bridgehead atoms. The molecule has 0 atom stereocenters. The molecule has 2 amide bonds. The fraction of sp³-hybridized carbons (Fsp3) is 0.192. The number of unbranched alkanes of at least 4 members (excludes halogenated alkanes) is 1. The van der Waals surface area contributed by atoms with Gasteiger partial charge < -0.3 is 5.32 Å². The van der Waals surface area contributed by atoms with Crippen LogP contribution in [0.1, 0.15) is 42.7 Å². The number of halogens is 2. The average molecular weight is 495 g/mol. The zero-order valence-corrected chi connectivity index (χ0v) is 20.4. The minimum Gasteiger partial charge on any atom is -0.306 e. The van der Waals surface area contributed by atoms with E-state index in [0.717, 1.165) is 35.7 Å². The van der Waals surface area contributed by atoms with Crippen LogP contribution in [-0.4, -0.2) is 21.6 Å². The Morgan fingerprint density at radius 3 is 2.56 bits per heavy atom. The van der Waals surface area contributed by atoms with Crippen molar-refractivity contribution in [3.63, 3.8) is 0 Å². The quantitative estimate of drug-likeness (QED) is 0.260. The lowest BCUT2D eigenvalue weighted by molar-refractivity contribution is 0.101. The Balaban J connectivity index is 1.73. The van der Waals surface area contributed by atoms with Crippen molar-refractivity contribution in [3.05, 3.63) is 82.0 Å². The summed E-state index contributed by atoms with van der Waals surface area (Å²) < 4.78 is 1.66. The number of carbonyl (C=O) groups excluding carboxylic acids is 2. The van der Waals surface area contributed by atoms with Crippen LogP contribution >= 0.6 is 23.2 Å². The molecule has 8 heteroatoms. The predicted octanol–water partition coefficient (Wildman–Crippen LogP) is 7.52. The maximum Gasteiger partial charge on any atom is 0.324 e. The highest BCUT2D eigenvalue weighted by molar-refractivity contribution is 6.44. The largest absolute Gasteiger partial charge is 0.324 e. The first-order valence-corrected chi connectivity index (χ1v) is 11.8. The summed E-state index contributed by atoms with van der Waals surface area (Å²) >= 11 is 12.3. The van der Waals surface area contributed by atoms with E-state index in [0.29, 0.717) is 27.8 Å². The maximum atomic E-state index is 12.8. The Morgan fingerprint density at radius 2 is 1.79 bits per heavy atom. The SMILES string of the molecule is CCCCc1cc(NC(=O)Nc2cccc(Cl)c2Cl)n(-c2cc(C(C)=O)c3ccccc3c2)n1. The number of aromatic nitrogens is 2. The maximum absolute atomic E-state index is 12.8. The van der Waals surface area contributed by atoms with Crippen molar-refractivity contribution in [3.8, 4) is 5.69 Å². The summed E-state index contributed by atoms with van der Waals surface area (Å²) in [5, 5.41) is 12.7. The number of aryl methyl sites for hydroxylation is 1. The van der Waals surface area contributed by atoms with E-state index in [2.05, 4.69) is 17.6 Å². The third-order valence-electron chi connectivity index (χ3n) is 5.46. The van der Waals surface area contributed by atoms with Crippen LogP contribution in [0, 0.1) is 0 Å². The fourth-order valence-electron chi connectivity index (χ4n) is 3.77. The highest BCUT2D eigenvalue weighted by atomic mass is 35.5. The van der Waals surface area contributed by atoms with Crippen LogP contribution < -0.4 is 10.6 Å². The van der Waals surface area contributed by atoms with Gasteiger partial charge in [-0.2, -0.15) is 5.10 Å². The number of rotatable bonds is 7. The van der Waals surface area contributed by atoms with E-state index in [1.165, 1.54) is 0 Å². The Bertz CT molecular complexity index is 1380. The van der Waals surface area contributed by atoms with Crippen molar-refractivity contribution in [1.29, 1.82) is 0 Å². The third-order valence-corrected chi connectivity index (χ3v) is 6.28. The standard InChI is InChI=1S/C26H24Cl2N4O2/c1-3-4-9-18-14-24(30-26(34)29-23-12-7-11-22(27)25(23)28)32(31-18)19-13-17-8-5-6-10-20(17)21(15-19)16(2)33/h5-8,10-15H,3-4,9H2,1-2H3,(H2,29,30,34). The number of hydrogen-bond donors (Lipinski definition) is 2. The van der Waals surface area contributed by atoms with Gasteiger partial charge >= 0.3 is 6.03 Å². The van der Waals surface area contributed by atoms with E-state index in [1.807, 2.05) is 36.4 Å². The second kappa shape index (κ2) is 10.3. The van der Waals surface area contributed by atoms with Crippen molar-refractivity contribution in [1.82, 2.24) is 9.78 Å². The number of nitrogens with one attached hydrogen (secondary N) is 2. The first-order chi connectivity index (χ1) is 16.4. The summed E-state index contributed by atoms with van der Waals surface area (Å²) in [7, 11) is 0. The van der Waals surface area contributed by atoms with E-state index in [-0.39, 0.29) is 10.8 Å². The van der Waals surface area contributed by atoms with Gasteiger partial charge in [0.25, 0.3) is 0 Å². The summed E-state index contributed by atoms with van der Waals surface area (Å²) in [6, 6.07) is 17.8. The molecule has 4 rings (SSSR count). The number of amides is 2. The molecule has 0 spiro atoms. The van der Waals surface area contributed by atoms with Gasteiger partial charge in [0, 0.05) is 11.6 Å². The van der Waals surface area contributed by atoms with E-state index >= 15 is 0 Å². The number of carbonyl (C=O) groups is 2. The van der Waals surface area contributed by atoms with Gasteiger partial charge in [-0.3, -0.25) is 10.1 Å². The molecular weight excluding hydrogens is 471 g/mol. The van der Waals surface area contributed by atoms with E-state index < -0.39 is 6.03 Å². The Labute approximate surface area is 207 Å². The van der Waals surface area contributed by atoms with Gasteiger partial charge in [0.1, 0.15) is 5.82 Å². The molecule has 1 heterocycles. The Hall–Kier alpha value is -3.35. The number of benzene rings is 3. The third kappa shape index (κ3) is 5.08. The van der Waals surface area contributed by atoms with Crippen LogP contribution in [0.4, 0.5) is 16.3 Å². The Morgan fingerprint density at radius 1 is 1.00 bits per heavy atom. The summed E-state index contributed by atoms with van der Waals surface area (Å²) in [5.41, 5.74) is 2.52. The van der Waals surface area contributed by atoms with Crippen molar-refractivity contribution in [2.45, 2.75) is 33.1 Å². The van der Waals surface area contributed by atoms with Crippen LogP contribution in [-0.2, 0) is 6.42 Å². The molecule has 34 heavy (non-hydrogen) atoms. The molecule has 0 radical (unpaired) electrons. The second-order valence-corrected chi connectivity index (χ2v) is 8.77. The van der Waals surface area contributed by atoms with Gasteiger partial charge in [-0.1, -0.05) is 66.9 Å². The second-order valence-electron chi connectivity index (χ2n) is 7.99. The zero-order valence-electron chi connectivity index (χ0n) is 18.9. The van der Waals surface area contributed by atoms with Gasteiger partial charge in [0.2, 0.25) is 0 Å². The molecule has 0 unspecified atom stereocenters. The molecule has 3 aromatic carbocycles. The van der Waals surface area contributed by atoms with Gasteiger partial charge in [-0.15, -0.1) is 0 Å². The molecule has 0 aliphatic rings. The minimum absolute atomic E-state index is 0.0423. The van der Waals surface area contributed by atoms with E-state index in [9.17, 15) is 9.59 Å². The van der Waals surface area contributed by atoms with Gasteiger partial charge in [0.15, 0.2) is 5.78 Å². The van der Waals surface area contributed by atoms with Crippen LogP contribution in [0.3, 0.4) is 0 Å². The predicted molar refractivity (Wildman–Crippen MR) is 139 cm³/mol. The lowest BCUT2D eigenvalue weighted by atomic mass is 10.0. The highest BCUT2D eigenvalue weighted by Gasteiger charge is 2.16. The van der Waals surface area contributed by atoms with Gasteiger partial charge in [0.05, 0.1) is 27.1 Å². The van der Waals surface area contributed by atoms with Crippen molar-refractivity contribution in [2.24, 2.45) is 0 Å². The number of urea groups is 1. The molecule has 0 aliphatic carbocycles. The molecule has 174 valence electrons. The number of hydrogen-bond acceptors (Lipinski definition) is 3. The topological polar surface area (TPSA) is 76.0 Å².